The highest BCUT2D eigenvalue weighted by Crippen LogP contribution is 2.42. The van der Waals surface area contributed by atoms with Crippen LogP contribution in [-0.4, -0.2) is 36.2 Å². The van der Waals surface area contributed by atoms with Crippen molar-refractivity contribution in [1.82, 2.24) is 10.3 Å². The molecule has 0 saturated carbocycles. The van der Waals surface area contributed by atoms with Crippen LogP contribution in [0.4, 0.5) is 5.13 Å². The van der Waals surface area contributed by atoms with Gasteiger partial charge in [-0.25, -0.2) is 9.78 Å². The van der Waals surface area contributed by atoms with Crippen LogP contribution in [0.25, 0.3) is 0 Å². The van der Waals surface area contributed by atoms with Crippen molar-refractivity contribution in [2.45, 2.75) is 53.1 Å². The monoisotopic (exact) mass is 457 g/mol. The van der Waals surface area contributed by atoms with Crippen molar-refractivity contribution in [1.29, 1.82) is 0 Å². The molecule has 1 aromatic carbocycles. The number of esters is 2. The van der Waals surface area contributed by atoms with Crippen LogP contribution in [0.15, 0.2) is 41.6 Å². The first-order valence-electron chi connectivity index (χ1n) is 10.8. The van der Waals surface area contributed by atoms with E-state index in [0.29, 0.717) is 16.4 Å². The molecule has 1 aromatic heterocycles. The minimum atomic E-state index is -0.827. The van der Waals surface area contributed by atoms with Gasteiger partial charge in [0.05, 0.1) is 36.1 Å². The summed E-state index contributed by atoms with van der Waals surface area (Å²) in [5, 5.41) is 7.47. The number of anilines is 1. The number of carbonyl (C=O) groups excluding carboxylic acids is 2. The molecule has 32 heavy (non-hydrogen) atoms. The number of benzene rings is 1. The van der Waals surface area contributed by atoms with Gasteiger partial charge in [0.15, 0.2) is 5.13 Å². The molecule has 3 atom stereocenters. The molecule has 3 rings (SSSR count). The van der Waals surface area contributed by atoms with Crippen LogP contribution in [0.5, 0.6) is 0 Å². The standard InChI is InChI=1S/C24H31N3O4S/c1-7-30-21(28)18-15(4)27-24(6,17-12-10-9-11-13-17)19(22(29)31-8-2)20(18)26-23-25-14(3)16(5)32-23/h9-13,19-20,27H,7-8H2,1-6H3,(H,25,26). The third-order valence-corrected chi connectivity index (χ3v) is 6.84. The van der Waals surface area contributed by atoms with Crippen LogP contribution < -0.4 is 10.6 Å². The Balaban J connectivity index is 2.20. The highest BCUT2D eigenvalue weighted by molar-refractivity contribution is 7.15. The van der Waals surface area contributed by atoms with Crippen LogP contribution in [0.1, 0.15) is 43.8 Å². The third-order valence-electron chi connectivity index (χ3n) is 5.83. The highest BCUT2D eigenvalue weighted by atomic mass is 32.1. The van der Waals surface area contributed by atoms with E-state index in [9.17, 15) is 9.59 Å². The predicted molar refractivity (Wildman–Crippen MR) is 125 cm³/mol. The lowest BCUT2D eigenvalue weighted by atomic mass is 9.70. The number of hydrogen-bond acceptors (Lipinski definition) is 8. The molecule has 1 aliphatic heterocycles. The molecule has 0 bridgehead atoms. The Hall–Kier alpha value is -2.87. The van der Waals surface area contributed by atoms with Crippen LogP contribution in [0.3, 0.4) is 0 Å². The molecule has 0 amide bonds. The van der Waals surface area contributed by atoms with E-state index in [0.717, 1.165) is 16.1 Å². The number of nitrogens with zero attached hydrogens (tertiary/aromatic N) is 1. The van der Waals surface area contributed by atoms with Gasteiger partial charge in [0.25, 0.3) is 0 Å². The molecule has 2 heterocycles. The Morgan fingerprint density at radius 3 is 2.34 bits per heavy atom. The van der Waals surface area contributed by atoms with Gasteiger partial charge in [0.2, 0.25) is 0 Å². The summed E-state index contributed by atoms with van der Waals surface area (Å²) in [7, 11) is 0. The summed E-state index contributed by atoms with van der Waals surface area (Å²) in [6, 6.07) is 9.04. The van der Waals surface area contributed by atoms with Crippen LogP contribution in [0.2, 0.25) is 0 Å². The summed E-state index contributed by atoms with van der Waals surface area (Å²) < 4.78 is 10.9. The van der Waals surface area contributed by atoms with Crippen molar-refractivity contribution in [2.75, 3.05) is 18.5 Å². The quantitative estimate of drug-likeness (QED) is 0.606. The average molecular weight is 458 g/mol. The van der Waals surface area contributed by atoms with E-state index in [1.54, 1.807) is 13.8 Å². The zero-order chi connectivity index (χ0) is 23.5. The largest absolute Gasteiger partial charge is 0.466 e. The number of carbonyl (C=O) groups is 2. The summed E-state index contributed by atoms with van der Waals surface area (Å²) >= 11 is 1.49. The minimum absolute atomic E-state index is 0.234. The molecule has 1 aliphatic rings. The van der Waals surface area contributed by atoms with E-state index in [-0.39, 0.29) is 13.2 Å². The SMILES string of the molecule is CCOC(=O)C1=C(C)NC(C)(c2ccccc2)C(C(=O)OCC)C1Nc1nc(C)c(C)s1. The van der Waals surface area contributed by atoms with Crippen molar-refractivity contribution in [3.63, 3.8) is 0 Å². The normalized spacial score (nSPS) is 22.8. The Bertz CT molecular complexity index is 998. The first-order valence-corrected chi connectivity index (χ1v) is 11.6. The van der Waals surface area contributed by atoms with E-state index in [2.05, 4.69) is 15.6 Å². The van der Waals surface area contributed by atoms with Gasteiger partial charge in [0.1, 0.15) is 5.92 Å². The number of nitrogens with one attached hydrogen (secondary N) is 2. The summed E-state index contributed by atoms with van der Waals surface area (Å²) in [4.78, 5) is 32.1. The second-order valence-corrected chi connectivity index (χ2v) is 9.17. The van der Waals surface area contributed by atoms with Gasteiger partial charge in [-0.2, -0.15) is 0 Å². The Labute approximate surface area is 193 Å². The maximum absolute atomic E-state index is 13.4. The van der Waals surface area contributed by atoms with Crippen molar-refractivity contribution in [3.05, 3.63) is 57.7 Å². The summed E-state index contributed by atoms with van der Waals surface area (Å²) in [6.07, 6.45) is 0. The number of hydrogen-bond donors (Lipinski definition) is 2. The molecular formula is C24H31N3O4S. The minimum Gasteiger partial charge on any atom is -0.466 e. The fourth-order valence-electron chi connectivity index (χ4n) is 4.22. The van der Waals surface area contributed by atoms with E-state index in [1.165, 1.54) is 11.3 Å². The van der Waals surface area contributed by atoms with Crippen LogP contribution in [0, 0.1) is 19.8 Å². The van der Waals surface area contributed by atoms with Crippen molar-refractivity contribution in [2.24, 2.45) is 5.92 Å². The van der Waals surface area contributed by atoms with Crippen LogP contribution >= 0.6 is 11.3 Å². The first kappa shape index (κ1) is 23.8. The van der Waals surface area contributed by atoms with Crippen molar-refractivity contribution >= 4 is 28.4 Å². The Kier molecular flexibility index (Phi) is 7.23. The Morgan fingerprint density at radius 2 is 1.78 bits per heavy atom. The van der Waals surface area contributed by atoms with Crippen LogP contribution in [-0.2, 0) is 24.6 Å². The van der Waals surface area contributed by atoms with E-state index >= 15 is 0 Å². The fraction of sp³-hybridized carbons (Fsp3) is 0.458. The van der Waals surface area contributed by atoms with Crippen molar-refractivity contribution in [3.8, 4) is 0 Å². The predicted octanol–water partition coefficient (Wildman–Crippen LogP) is 4.08. The van der Waals surface area contributed by atoms with E-state index in [4.69, 9.17) is 9.47 Å². The van der Waals surface area contributed by atoms with Gasteiger partial charge in [-0.1, -0.05) is 30.3 Å². The number of aryl methyl sites for hydroxylation is 2. The maximum Gasteiger partial charge on any atom is 0.337 e. The molecule has 8 heteroatoms. The number of aromatic nitrogens is 1. The highest BCUT2D eigenvalue weighted by Gasteiger charge is 2.53. The van der Waals surface area contributed by atoms with Gasteiger partial charge in [-0.3, -0.25) is 4.79 Å². The second-order valence-electron chi connectivity index (χ2n) is 7.96. The van der Waals surface area contributed by atoms with E-state index < -0.39 is 29.4 Å². The molecule has 0 fully saturated rings. The van der Waals surface area contributed by atoms with E-state index in [1.807, 2.05) is 58.0 Å². The molecule has 3 unspecified atom stereocenters. The van der Waals surface area contributed by atoms with Gasteiger partial charge < -0.3 is 20.1 Å². The molecule has 2 aromatic rings. The number of ether oxygens (including phenoxy) is 2. The Morgan fingerprint density at radius 1 is 1.12 bits per heavy atom. The zero-order valence-electron chi connectivity index (χ0n) is 19.4. The average Bonchev–Trinajstić information content (AvgIpc) is 3.05. The molecule has 0 aliphatic carbocycles. The smallest absolute Gasteiger partial charge is 0.337 e. The summed E-state index contributed by atoms with van der Waals surface area (Å²) in [6.45, 7) is 11.7. The topological polar surface area (TPSA) is 89.5 Å². The fourth-order valence-corrected chi connectivity index (χ4v) is 5.07. The lowest BCUT2D eigenvalue weighted by Crippen LogP contribution is -2.60. The second kappa shape index (κ2) is 9.73. The number of thiazole rings is 1. The summed E-state index contributed by atoms with van der Waals surface area (Å²) in [5.41, 5.74) is 2.02. The molecule has 172 valence electrons. The molecular weight excluding hydrogens is 426 g/mol. The third kappa shape index (κ3) is 4.50. The zero-order valence-corrected chi connectivity index (χ0v) is 20.3. The molecule has 2 N–H and O–H groups in total. The van der Waals surface area contributed by atoms with Gasteiger partial charge in [-0.05, 0) is 47.1 Å². The number of allylic oxidation sites excluding steroid dienone is 1. The molecule has 7 nitrogen and oxygen atoms in total. The maximum atomic E-state index is 13.4. The van der Waals surface area contributed by atoms with Gasteiger partial charge in [-0.15, -0.1) is 11.3 Å². The molecule has 0 spiro atoms. The first-order chi connectivity index (χ1) is 15.2. The number of rotatable bonds is 7. The summed E-state index contributed by atoms with van der Waals surface area (Å²) in [5.74, 6) is -1.62. The molecule has 0 radical (unpaired) electrons. The van der Waals surface area contributed by atoms with Gasteiger partial charge >= 0.3 is 11.9 Å². The lowest BCUT2D eigenvalue weighted by Gasteiger charge is -2.47. The lowest BCUT2D eigenvalue weighted by molar-refractivity contribution is -0.152. The molecule has 0 saturated heterocycles. The van der Waals surface area contributed by atoms with Crippen molar-refractivity contribution < 1.29 is 19.1 Å². The van der Waals surface area contributed by atoms with Gasteiger partial charge in [0, 0.05) is 10.6 Å².